The third-order valence-corrected chi connectivity index (χ3v) is 5.14. The van der Waals surface area contributed by atoms with E-state index in [1.807, 2.05) is 0 Å². The number of aliphatic hydroxyl groups excluding tert-OH is 3. The van der Waals surface area contributed by atoms with Crippen LogP contribution in [0.5, 0.6) is 0 Å². The predicted octanol–water partition coefficient (Wildman–Crippen LogP) is -8.70. The zero-order valence-corrected chi connectivity index (χ0v) is 32.7. The highest BCUT2D eigenvalue weighted by Crippen LogP contribution is 1.93. The molecule has 0 fully saturated rings. The molecule has 0 spiro atoms. The fourth-order valence-electron chi connectivity index (χ4n) is 2.09. The fourth-order valence-corrected chi connectivity index (χ4v) is 2.09. The van der Waals surface area contributed by atoms with Crippen molar-refractivity contribution >= 4 is 35.8 Å². The number of likely N-dealkylation sites (N-methyl/N-ethyl adjacent to an activating group) is 5. The van der Waals surface area contributed by atoms with Crippen LogP contribution in [0.1, 0.15) is 12.8 Å². The molecule has 0 radical (unpaired) electrons. The molecule has 0 unspecified atom stereocenters. The monoisotopic (exact) mass is 746 g/mol. The fraction of sp³-hybridized carbons (Fsp3) is 0.793. The van der Waals surface area contributed by atoms with Crippen LogP contribution in [-0.4, -0.2) is 217 Å². The van der Waals surface area contributed by atoms with Crippen LogP contribution in [0, 0.1) is 10.8 Å². The molecule has 0 heterocycles. The molecule has 0 bridgehead atoms. The summed E-state index contributed by atoms with van der Waals surface area (Å²) in [7, 11) is 21.3. The molecular formula is C29H71N13O9. The second-order valence-corrected chi connectivity index (χ2v) is 13.8. The van der Waals surface area contributed by atoms with Crippen molar-refractivity contribution in [2.75, 3.05) is 137 Å². The van der Waals surface area contributed by atoms with Crippen molar-refractivity contribution in [3.63, 3.8) is 0 Å². The molecule has 51 heavy (non-hydrogen) atoms. The lowest BCUT2D eigenvalue weighted by molar-refractivity contribution is -0.870. The zero-order valence-electron chi connectivity index (χ0n) is 32.7. The van der Waals surface area contributed by atoms with E-state index in [0.717, 1.165) is 42.9 Å². The van der Waals surface area contributed by atoms with Gasteiger partial charge in [0.2, 0.25) is 0 Å². The van der Waals surface area contributed by atoms with Crippen LogP contribution in [0.25, 0.3) is 0 Å². The van der Waals surface area contributed by atoms with E-state index in [-0.39, 0.29) is 50.8 Å². The molecule has 0 saturated heterocycles. The van der Waals surface area contributed by atoms with Gasteiger partial charge in [-0.15, -0.1) is 0 Å². The van der Waals surface area contributed by atoms with Crippen LogP contribution in [0.15, 0.2) is 4.99 Å². The third-order valence-electron chi connectivity index (χ3n) is 5.14. The van der Waals surface area contributed by atoms with Crippen molar-refractivity contribution in [2.45, 2.75) is 18.9 Å². The Morgan fingerprint density at radius 2 is 0.941 bits per heavy atom. The first kappa shape index (κ1) is 59.1. The van der Waals surface area contributed by atoms with Gasteiger partial charge in [-0.2, -0.15) is 0 Å². The minimum absolute atomic E-state index is 0.00276. The number of carbonyl (C=O) groups is 3. The van der Waals surface area contributed by atoms with Gasteiger partial charge in [-0.25, -0.2) is 0 Å². The first-order chi connectivity index (χ1) is 22.8. The van der Waals surface area contributed by atoms with Crippen LogP contribution < -0.4 is 44.0 Å². The number of nitrogens with one attached hydrogen (secondary N) is 2. The number of hydrogen-bond donors (Lipinski definition) is 10. The van der Waals surface area contributed by atoms with Crippen LogP contribution in [-0.2, 0) is 14.4 Å². The Morgan fingerprint density at radius 3 is 1.06 bits per heavy atom. The van der Waals surface area contributed by atoms with Crippen molar-refractivity contribution in [1.82, 2.24) is 9.80 Å². The van der Waals surface area contributed by atoms with Gasteiger partial charge in [0.1, 0.15) is 19.6 Å². The highest BCUT2D eigenvalue weighted by atomic mass is 16.4. The van der Waals surface area contributed by atoms with E-state index in [4.69, 9.17) is 54.8 Å². The standard InChI is InChI=1S/C6H14N4O2.3C5H14NO.2C4H9N3O2/c7-4(5(11)12)2-1-3-10-6(8)9;3*1-6(2,3)4-5-7;2*1-7(4(5)6)2-3(8)9/h4H,1-3,7H2,(H,11,12)(H4,8,9,10);3*7H,4-5H2,1-3H3;2*2H2,1H3,(H3,5,6)(H,8,9)/q;3*+1;;/p-3/t4-;;;;;/m0...../s1. The molecule has 22 nitrogen and oxygen atoms in total. The predicted molar refractivity (Wildman–Crippen MR) is 192 cm³/mol. The average molecular weight is 746 g/mol. The van der Waals surface area contributed by atoms with Crippen molar-refractivity contribution < 1.29 is 58.5 Å². The van der Waals surface area contributed by atoms with Crippen molar-refractivity contribution in [2.24, 2.45) is 33.7 Å². The summed E-state index contributed by atoms with van der Waals surface area (Å²) in [6, 6.07) is -0.931. The number of nitrogens with two attached hydrogens (primary N) is 5. The summed E-state index contributed by atoms with van der Waals surface area (Å²) in [5.74, 6) is -4.30. The topological polar surface area (TPSA) is 378 Å². The molecule has 15 N–H and O–H groups in total. The molecule has 22 heteroatoms. The Kier molecular flexibility index (Phi) is 38.4. The van der Waals surface area contributed by atoms with Crippen LogP contribution in [0.3, 0.4) is 0 Å². The number of carboxylic acid groups (broad SMARTS) is 3. The van der Waals surface area contributed by atoms with E-state index in [2.05, 4.69) is 68.4 Å². The Balaban J connectivity index is -0.000000121. The molecule has 0 aliphatic heterocycles. The van der Waals surface area contributed by atoms with Gasteiger partial charge in [0, 0.05) is 26.7 Å². The number of aliphatic imine (C=N–C) groups is 1. The molecule has 0 aliphatic rings. The Morgan fingerprint density at radius 1 is 0.667 bits per heavy atom. The minimum Gasteiger partial charge on any atom is -0.548 e. The van der Waals surface area contributed by atoms with Crippen LogP contribution in [0.2, 0.25) is 0 Å². The molecule has 1 atom stereocenters. The maximum absolute atomic E-state index is 10.1. The number of carbonyl (C=O) groups excluding carboxylic acids is 3. The highest BCUT2D eigenvalue weighted by molar-refractivity contribution is 5.79. The zero-order chi connectivity index (χ0) is 42.2. The van der Waals surface area contributed by atoms with E-state index in [0.29, 0.717) is 19.4 Å². The minimum atomic E-state index is -1.25. The van der Waals surface area contributed by atoms with E-state index in [9.17, 15) is 29.7 Å². The molecule has 306 valence electrons. The maximum Gasteiger partial charge on any atom is 0.188 e. The highest BCUT2D eigenvalue weighted by Gasteiger charge is 2.04. The van der Waals surface area contributed by atoms with Crippen LogP contribution in [0.4, 0.5) is 0 Å². The number of nitrogens with zero attached hydrogens (tertiary/aromatic N) is 6. The average Bonchev–Trinajstić information content (AvgIpc) is 2.89. The van der Waals surface area contributed by atoms with Gasteiger partial charge in [0.25, 0.3) is 0 Å². The first-order valence-electron chi connectivity index (χ1n) is 15.6. The summed E-state index contributed by atoms with van der Waals surface area (Å²) in [6.07, 6.45) is 0.853. The van der Waals surface area contributed by atoms with Gasteiger partial charge >= 0.3 is 0 Å². The number of aliphatic hydroxyl groups is 3. The molecule has 0 aromatic carbocycles. The van der Waals surface area contributed by atoms with E-state index in [1.54, 1.807) is 0 Å². The summed E-state index contributed by atoms with van der Waals surface area (Å²) >= 11 is 0. The lowest BCUT2D eigenvalue weighted by Gasteiger charge is -2.21. The van der Waals surface area contributed by atoms with Gasteiger partial charge in [0.05, 0.1) is 114 Å². The normalized spacial score (nSPS) is 10.8. The number of rotatable bonds is 15. The third kappa shape index (κ3) is 72.7. The summed E-state index contributed by atoms with van der Waals surface area (Å²) in [5, 5.41) is 68.3. The smallest absolute Gasteiger partial charge is 0.188 e. The van der Waals surface area contributed by atoms with Crippen molar-refractivity contribution in [3.05, 3.63) is 0 Å². The quantitative estimate of drug-likeness (QED) is 0.0322. The SMILES string of the molecule is CN(CC(=O)[O-])C(=N)N.CN(CC(=O)[O-])C(=N)N.C[N+](C)(C)CCO.C[N+](C)(C)CCO.C[N+](C)(C)CCO.NC(N)=NCCC[C@H](N)C(=O)[O-]. The summed E-state index contributed by atoms with van der Waals surface area (Å²) in [4.78, 5) is 35.5. The molecule has 0 aromatic heterocycles. The number of carboxylic acids is 3. The number of guanidine groups is 3. The van der Waals surface area contributed by atoms with Gasteiger partial charge < -0.3 is 96.9 Å². The van der Waals surface area contributed by atoms with Crippen LogP contribution >= 0.6 is 0 Å². The second kappa shape index (κ2) is 33.1. The summed E-state index contributed by atoms with van der Waals surface area (Å²) in [6.45, 7) is 3.06. The summed E-state index contributed by atoms with van der Waals surface area (Å²) < 4.78 is 2.53. The van der Waals surface area contributed by atoms with E-state index in [1.165, 1.54) is 14.1 Å². The number of quaternary nitrogens is 3. The van der Waals surface area contributed by atoms with Gasteiger partial charge in [-0.05, 0) is 12.8 Å². The van der Waals surface area contributed by atoms with E-state index >= 15 is 0 Å². The molecule has 0 aromatic rings. The van der Waals surface area contributed by atoms with Gasteiger partial charge in [-0.1, -0.05) is 0 Å². The maximum atomic E-state index is 10.1. The molecule has 0 saturated carbocycles. The lowest BCUT2D eigenvalue weighted by Crippen LogP contribution is -2.41. The lowest BCUT2D eigenvalue weighted by atomic mass is 10.2. The Bertz CT molecular complexity index is 893. The second-order valence-electron chi connectivity index (χ2n) is 13.8. The Hall–Kier alpha value is -4.06. The number of hydrogen-bond acceptors (Lipinski definition) is 13. The molecule has 0 rings (SSSR count). The van der Waals surface area contributed by atoms with E-state index < -0.39 is 23.9 Å². The van der Waals surface area contributed by atoms with Gasteiger partial charge in [0.15, 0.2) is 17.9 Å². The number of aliphatic carboxylic acids is 3. The molecule has 0 aliphatic carbocycles. The summed E-state index contributed by atoms with van der Waals surface area (Å²) in [5.41, 5.74) is 25.0. The first-order valence-corrected chi connectivity index (χ1v) is 15.6. The van der Waals surface area contributed by atoms with Gasteiger partial charge in [-0.3, -0.25) is 15.8 Å². The Labute approximate surface area is 304 Å². The largest absolute Gasteiger partial charge is 0.548 e. The van der Waals surface area contributed by atoms with Crippen molar-refractivity contribution in [3.8, 4) is 0 Å². The molecular weight excluding hydrogens is 674 g/mol. The van der Waals surface area contributed by atoms with Crippen molar-refractivity contribution in [1.29, 1.82) is 10.8 Å². The molecule has 0 amide bonds.